The van der Waals surface area contributed by atoms with Crippen LogP contribution in [0, 0.1) is 45.3 Å². The van der Waals surface area contributed by atoms with Crippen molar-refractivity contribution in [2.75, 3.05) is 0 Å². The monoisotopic (exact) mass is 500 g/mol. The lowest BCUT2D eigenvalue weighted by atomic mass is 9.35. The summed E-state index contributed by atoms with van der Waals surface area (Å²) in [7, 11) is 0. The van der Waals surface area contributed by atoms with E-state index in [2.05, 4.69) is 55.4 Å². The summed E-state index contributed by atoms with van der Waals surface area (Å²) in [6, 6.07) is 0. The maximum atomic E-state index is 14.3. The van der Waals surface area contributed by atoms with E-state index < -0.39 is 0 Å². The number of ketones is 1. The molecule has 4 nitrogen and oxygen atoms in total. The van der Waals surface area contributed by atoms with Gasteiger partial charge in [-0.3, -0.25) is 9.59 Å². The Morgan fingerprint density at radius 2 is 1.50 bits per heavy atom. The third kappa shape index (κ3) is 3.54. The van der Waals surface area contributed by atoms with Gasteiger partial charge >= 0.3 is 5.97 Å². The van der Waals surface area contributed by atoms with Crippen molar-refractivity contribution in [3.8, 4) is 0 Å². The van der Waals surface area contributed by atoms with Gasteiger partial charge in [0.05, 0.1) is 11.2 Å². The zero-order valence-corrected chi connectivity index (χ0v) is 24.6. The fourth-order valence-corrected chi connectivity index (χ4v) is 11.4. The molecule has 0 spiro atoms. The standard InChI is InChI=1S/C32H52O4/c1-20(33)35-25-13-16-29(6)23(28(25,4)5)12-18-30(7)24(29)19-22(34)26-21(11-17-31(26,30)8)32(9)15-10-14-27(2,3)36-32/h21,23-26H,10-19H2,1-9H3/t21-,23-,24+,25-,26-,29-,30+,31+,32+/m0/s1. The van der Waals surface area contributed by atoms with Crippen LogP contribution in [0.25, 0.3) is 0 Å². The van der Waals surface area contributed by atoms with Crippen LogP contribution in [0.4, 0.5) is 0 Å². The number of rotatable bonds is 2. The molecule has 4 aliphatic carbocycles. The maximum absolute atomic E-state index is 14.3. The summed E-state index contributed by atoms with van der Waals surface area (Å²) >= 11 is 0. The molecule has 0 aromatic heterocycles. The van der Waals surface area contributed by atoms with Crippen LogP contribution in [0.15, 0.2) is 0 Å². The Morgan fingerprint density at radius 1 is 0.833 bits per heavy atom. The molecular formula is C32H52O4. The molecule has 0 aromatic carbocycles. The number of Topliss-reactive ketones (excluding diaryl/α,β-unsaturated/α-hetero) is 1. The minimum absolute atomic E-state index is 0.0243. The summed E-state index contributed by atoms with van der Waals surface area (Å²) in [5.41, 5.74) is -0.106. The number of carbonyl (C=O) groups is 2. The van der Waals surface area contributed by atoms with Gasteiger partial charge in [-0.2, -0.15) is 0 Å². The Hall–Kier alpha value is -0.900. The fraction of sp³-hybridized carbons (Fsp3) is 0.938. The summed E-state index contributed by atoms with van der Waals surface area (Å²) in [5.74, 6) is 1.64. The third-order valence-corrected chi connectivity index (χ3v) is 13.2. The van der Waals surface area contributed by atoms with Gasteiger partial charge in [-0.25, -0.2) is 0 Å². The second kappa shape index (κ2) is 8.06. The van der Waals surface area contributed by atoms with Crippen molar-refractivity contribution < 1.29 is 19.1 Å². The zero-order valence-electron chi connectivity index (χ0n) is 24.6. The van der Waals surface area contributed by atoms with E-state index in [4.69, 9.17) is 9.47 Å². The molecule has 9 atom stereocenters. The molecule has 0 bridgehead atoms. The van der Waals surface area contributed by atoms with E-state index in [9.17, 15) is 9.59 Å². The summed E-state index contributed by atoms with van der Waals surface area (Å²) in [4.78, 5) is 26.2. The Labute approximate surface area is 220 Å². The first kappa shape index (κ1) is 26.7. The van der Waals surface area contributed by atoms with Gasteiger partial charge in [0.15, 0.2) is 0 Å². The van der Waals surface area contributed by atoms with Crippen molar-refractivity contribution in [3.05, 3.63) is 0 Å². The molecule has 0 aromatic rings. The van der Waals surface area contributed by atoms with Crippen molar-refractivity contribution in [2.24, 2.45) is 45.3 Å². The van der Waals surface area contributed by atoms with E-state index in [0.717, 1.165) is 44.9 Å². The SMILES string of the molecule is CC(=O)O[C@H]1CC[C@]2(C)[C@H]3CC(=O)[C@@H]4[C@@H]([C@@]5(C)CCCC(C)(C)O5)CC[C@@]4(C)[C@]3(C)CC[C@H]2C1(C)C. The number of fused-ring (bicyclic) bond motifs is 5. The molecule has 204 valence electrons. The molecule has 36 heavy (non-hydrogen) atoms. The highest BCUT2D eigenvalue weighted by molar-refractivity contribution is 5.84. The van der Waals surface area contributed by atoms with Crippen molar-refractivity contribution >= 4 is 11.8 Å². The van der Waals surface area contributed by atoms with E-state index in [-0.39, 0.29) is 50.9 Å². The van der Waals surface area contributed by atoms with Crippen LogP contribution in [-0.2, 0) is 19.1 Å². The number of carbonyl (C=O) groups excluding carboxylic acids is 2. The average molecular weight is 501 g/mol. The lowest BCUT2D eigenvalue weighted by molar-refractivity contribution is -0.234. The van der Waals surface area contributed by atoms with E-state index in [1.165, 1.54) is 19.8 Å². The smallest absolute Gasteiger partial charge is 0.302 e. The van der Waals surface area contributed by atoms with E-state index in [1.54, 1.807) is 0 Å². The predicted octanol–water partition coefficient (Wildman–Crippen LogP) is 7.52. The first-order valence-electron chi connectivity index (χ1n) is 14.9. The molecular weight excluding hydrogens is 448 g/mol. The molecule has 5 aliphatic rings. The second-order valence-corrected chi connectivity index (χ2v) is 15.8. The summed E-state index contributed by atoms with van der Waals surface area (Å²) < 4.78 is 12.7. The van der Waals surface area contributed by atoms with Crippen LogP contribution in [0.1, 0.15) is 127 Å². The third-order valence-electron chi connectivity index (χ3n) is 13.2. The average Bonchev–Trinajstić information content (AvgIpc) is 3.12. The topological polar surface area (TPSA) is 52.6 Å². The molecule has 5 fully saturated rings. The van der Waals surface area contributed by atoms with Gasteiger partial charge in [0.1, 0.15) is 11.9 Å². The number of hydrogen-bond acceptors (Lipinski definition) is 4. The highest BCUT2D eigenvalue weighted by Crippen LogP contribution is 2.75. The molecule has 1 heterocycles. The fourth-order valence-electron chi connectivity index (χ4n) is 11.4. The summed E-state index contributed by atoms with van der Waals surface area (Å²) in [5, 5.41) is 0. The molecule has 0 amide bonds. The van der Waals surface area contributed by atoms with Crippen molar-refractivity contribution in [1.29, 1.82) is 0 Å². The molecule has 0 N–H and O–H groups in total. The molecule has 0 unspecified atom stereocenters. The van der Waals surface area contributed by atoms with Crippen molar-refractivity contribution in [1.82, 2.24) is 0 Å². The van der Waals surface area contributed by atoms with Crippen molar-refractivity contribution in [3.63, 3.8) is 0 Å². The minimum Gasteiger partial charge on any atom is -0.462 e. The first-order valence-corrected chi connectivity index (χ1v) is 14.9. The largest absolute Gasteiger partial charge is 0.462 e. The van der Waals surface area contributed by atoms with Crippen molar-refractivity contribution in [2.45, 2.75) is 144 Å². The van der Waals surface area contributed by atoms with Crippen LogP contribution in [0.5, 0.6) is 0 Å². The minimum atomic E-state index is -0.200. The number of esters is 1. The predicted molar refractivity (Wildman–Crippen MR) is 142 cm³/mol. The molecule has 0 radical (unpaired) electrons. The van der Waals surface area contributed by atoms with Gasteiger partial charge in [0.25, 0.3) is 0 Å². The van der Waals surface area contributed by atoms with Crippen LogP contribution in [-0.4, -0.2) is 29.1 Å². The lowest BCUT2D eigenvalue weighted by Crippen LogP contribution is -2.66. The van der Waals surface area contributed by atoms with Crippen LogP contribution >= 0.6 is 0 Å². The van der Waals surface area contributed by atoms with Gasteiger partial charge in [-0.15, -0.1) is 0 Å². The zero-order chi connectivity index (χ0) is 26.5. The number of hydrogen-bond donors (Lipinski definition) is 0. The Kier molecular flexibility index (Phi) is 5.97. The lowest BCUT2D eigenvalue weighted by Gasteiger charge is -2.69. The molecule has 1 saturated heterocycles. The maximum Gasteiger partial charge on any atom is 0.302 e. The Balaban J connectivity index is 1.48. The van der Waals surface area contributed by atoms with Gasteiger partial charge in [0, 0.05) is 24.7 Å². The number of ether oxygens (including phenoxy) is 2. The highest BCUT2D eigenvalue weighted by atomic mass is 16.5. The van der Waals surface area contributed by atoms with E-state index in [1.807, 2.05) is 0 Å². The molecule has 5 rings (SSSR count). The van der Waals surface area contributed by atoms with Gasteiger partial charge in [0.2, 0.25) is 0 Å². The van der Waals surface area contributed by atoms with E-state index >= 15 is 0 Å². The van der Waals surface area contributed by atoms with Gasteiger partial charge in [-0.1, -0.05) is 34.6 Å². The summed E-state index contributed by atoms with van der Waals surface area (Å²) in [6.45, 7) is 20.5. The Bertz CT molecular complexity index is 936. The molecule has 4 heteroatoms. The van der Waals surface area contributed by atoms with E-state index in [0.29, 0.717) is 30.0 Å². The van der Waals surface area contributed by atoms with Crippen LogP contribution < -0.4 is 0 Å². The first-order chi connectivity index (χ1) is 16.5. The highest BCUT2D eigenvalue weighted by Gasteiger charge is 2.72. The Morgan fingerprint density at radius 3 is 2.14 bits per heavy atom. The van der Waals surface area contributed by atoms with Gasteiger partial charge in [-0.05, 0) is 113 Å². The quantitative estimate of drug-likeness (QED) is 0.368. The second-order valence-electron chi connectivity index (χ2n) is 15.8. The van der Waals surface area contributed by atoms with Gasteiger partial charge < -0.3 is 9.47 Å². The van der Waals surface area contributed by atoms with Crippen LogP contribution in [0.3, 0.4) is 0 Å². The normalized spacial score (nSPS) is 51.6. The summed E-state index contributed by atoms with van der Waals surface area (Å²) in [6.07, 6.45) is 10.6. The molecule has 4 saturated carbocycles. The molecule has 1 aliphatic heterocycles. The van der Waals surface area contributed by atoms with Crippen LogP contribution in [0.2, 0.25) is 0 Å².